The van der Waals surface area contributed by atoms with E-state index in [2.05, 4.69) is 6.92 Å². The van der Waals surface area contributed by atoms with E-state index in [4.69, 9.17) is 4.74 Å². The van der Waals surface area contributed by atoms with Crippen molar-refractivity contribution >= 4 is 0 Å². The van der Waals surface area contributed by atoms with Crippen LogP contribution in [0, 0.1) is 0 Å². The SMILES string of the molecule is CCCCCCCCCCCCCCCCCCCCCCCCCCCCCCCCCCCCCCCCCCCCCCCCC1CO1. The lowest BCUT2D eigenvalue weighted by molar-refractivity contribution is 0.387. The summed E-state index contributed by atoms with van der Waals surface area (Å²) in [6, 6.07) is 0. The molecule has 0 aliphatic carbocycles. The van der Waals surface area contributed by atoms with Gasteiger partial charge in [-0.25, -0.2) is 0 Å². The molecule has 1 unspecified atom stereocenters. The quantitative estimate of drug-likeness (QED) is 0.0451. The molecule has 51 heavy (non-hydrogen) atoms. The molecule has 1 aliphatic rings. The van der Waals surface area contributed by atoms with Crippen LogP contribution in [0.15, 0.2) is 0 Å². The summed E-state index contributed by atoms with van der Waals surface area (Å²) in [6.45, 7) is 3.35. The molecule has 306 valence electrons. The molecule has 0 bridgehead atoms. The summed E-state index contributed by atoms with van der Waals surface area (Å²) < 4.78 is 5.29. The zero-order chi connectivity index (χ0) is 36.2. The monoisotopic (exact) mass is 717 g/mol. The van der Waals surface area contributed by atoms with E-state index in [1.807, 2.05) is 0 Å². The van der Waals surface area contributed by atoms with Gasteiger partial charge in [-0.3, -0.25) is 0 Å². The lowest BCUT2D eigenvalue weighted by Crippen LogP contribution is -1.86. The van der Waals surface area contributed by atoms with Crippen LogP contribution in [0.2, 0.25) is 0 Å². The Bertz CT molecular complexity index is 596. The fraction of sp³-hybridized carbons (Fsp3) is 1.00. The summed E-state index contributed by atoms with van der Waals surface area (Å²) in [5.74, 6) is 0. The summed E-state index contributed by atoms with van der Waals surface area (Å²) in [7, 11) is 0. The minimum atomic E-state index is 0.646. The first-order valence-corrected chi connectivity index (χ1v) is 25.0. The van der Waals surface area contributed by atoms with Gasteiger partial charge in [-0.05, 0) is 6.42 Å². The van der Waals surface area contributed by atoms with Gasteiger partial charge in [0, 0.05) is 0 Å². The first-order chi connectivity index (χ1) is 25.4. The van der Waals surface area contributed by atoms with Crippen LogP contribution in [-0.2, 0) is 4.74 Å². The van der Waals surface area contributed by atoms with Crippen molar-refractivity contribution in [1.82, 2.24) is 0 Å². The normalized spacial score (nSPS) is 14.2. The molecule has 0 amide bonds. The summed E-state index contributed by atoms with van der Waals surface area (Å²) in [5, 5.41) is 0. The van der Waals surface area contributed by atoms with Crippen LogP contribution in [0.25, 0.3) is 0 Å². The maximum absolute atomic E-state index is 5.29. The van der Waals surface area contributed by atoms with Crippen LogP contribution in [0.4, 0.5) is 0 Å². The van der Waals surface area contributed by atoms with E-state index in [1.54, 1.807) is 0 Å². The van der Waals surface area contributed by atoms with Crippen molar-refractivity contribution in [2.75, 3.05) is 6.61 Å². The second-order valence-electron chi connectivity index (χ2n) is 17.7. The maximum atomic E-state index is 5.29. The first-order valence-electron chi connectivity index (χ1n) is 25.0. The van der Waals surface area contributed by atoms with E-state index >= 15 is 0 Å². The van der Waals surface area contributed by atoms with Crippen molar-refractivity contribution in [3.8, 4) is 0 Å². The molecule has 1 heterocycles. The Labute approximate surface area is 325 Å². The zero-order valence-electron chi connectivity index (χ0n) is 35.9. The topological polar surface area (TPSA) is 12.5 Å². The van der Waals surface area contributed by atoms with Crippen molar-refractivity contribution in [3.63, 3.8) is 0 Å². The molecule has 1 nitrogen and oxygen atoms in total. The Hall–Kier alpha value is -0.0400. The third-order valence-corrected chi connectivity index (χ3v) is 12.3. The molecular formula is C50H100O. The van der Waals surface area contributed by atoms with Gasteiger partial charge in [0.1, 0.15) is 0 Å². The minimum Gasteiger partial charge on any atom is -0.373 e. The first kappa shape index (κ1) is 49.0. The summed E-state index contributed by atoms with van der Waals surface area (Å²) >= 11 is 0. The molecule has 1 fully saturated rings. The lowest BCUT2D eigenvalue weighted by Gasteiger charge is -2.05. The molecule has 0 saturated carbocycles. The number of hydrogen-bond acceptors (Lipinski definition) is 1. The summed E-state index contributed by atoms with van der Waals surface area (Å²) in [6.07, 6.45) is 70.2. The van der Waals surface area contributed by atoms with Crippen molar-refractivity contribution < 1.29 is 4.74 Å². The Morgan fingerprint density at radius 2 is 0.373 bits per heavy atom. The van der Waals surface area contributed by atoms with E-state index in [0.717, 1.165) is 6.61 Å². The fourth-order valence-corrected chi connectivity index (χ4v) is 8.46. The van der Waals surface area contributed by atoms with Crippen LogP contribution in [0.1, 0.15) is 309 Å². The molecule has 1 heteroatoms. The fourth-order valence-electron chi connectivity index (χ4n) is 8.46. The molecule has 0 aromatic carbocycles. The molecule has 0 aromatic heterocycles. The molecule has 0 aromatic rings. The Balaban J connectivity index is 1.57. The van der Waals surface area contributed by atoms with E-state index in [-0.39, 0.29) is 0 Å². The predicted molar refractivity (Wildman–Crippen MR) is 232 cm³/mol. The number of ether oxygens (including phenoxy) is 1. The van der Waals surface area contributed by atoms with Crippen molar-refractivity contribution in [2.24, 2.45) is 0 Å². The number of epoxide rings is 1. The third-order valence-electron chi connectivity index (χ3n) is 12.3. The number of hydrogen-bond donors (Lipinski definition) is 0. The lowest BCUT2D eigenvalue weighted by atomic mass is 10.0. The van der Waals surface area contributed by atoms with E-state index in [1.165, 1.54) is 302 Å². The largest absolute Gasteiger partial charge is 0.373 e. The minimum absolute atomic E-state index is 0.646. The van der Waals surface area contributed by atoms with Gasteiger partial charge in [0.15, 0.2) is 0 Å². The van der Waals surface area contributed by atoms with Gasteiger partial charge in [-0.1, -0.05) is 302 Å². The van der Waals surface area contributed by atoms with Crippen molar-refractivity contribution in [1.29, 1.82) is 0 Å². The van der Waals surface area contributed by atoms with E-state index in [9.17, 15) is 0 Å². The van der Waals surface area contributed by atoms with Crippen LogP contribution < -0.4 is 0 Å². The summed E-state index contributed by atoms with van der Waals surface area (Å²) in [5.41, 5.74) is 0. The number of unbranched alkanes of at least 4 members (excludes halogenated alkanes) is 45. The molecule has 1 rings (SSSR count). The van der Waals surface area contributed by atoms with Crippen molar-refractivity contribution in [3.05, 3.63) is 0 Å². The Morgan fingerprint density at radius 3 is 0.510 bits per heavy atom. The van der Waals surface area contributed by atoms with E-state index < -0.39 is 0 Å². The molecular weight excluding hydrogens is 617 g/mol. The number of rotatable bonds is 47. The Kier molecular flexibility index (Phi) is 42.6. The van der Waals surface area contributed by atoms with E-state index in [0.29, 0.717) is 6.10 Å². The molecule has 0 spiro atoms. The zero-order valence-corrected chi connectivity index (χ0v) is 35.9. The van der Waals surface area contributed by atoms with Crippen LogP contribution in [0.5, 0.6) is 0 Å². The van der Waals surface area contributed by atoms with Crippen LogP contribution in [-0.4, -0.2) is 12.7 Å². The van der Waals surface area contributed by atoms with Gasteiger partial charge in [0.2, 0.25) is 0 Å². The molecule has 1 aliphatic heterocycles. The molecule has 1 saturated heterocycles. The molecule has 0 radical (unpaired) electrons. The Morgan fingerprint density at radius 1 is 0.235 bits per heavy atom. The van der Waals surface area contributed by atoms with Gasteiger partial charge in [-0.15, -0.1) is 0 Å². The van der Waals surface area contributed by atoms with Crippen LogP contribution in [0.3, 0.4) is 0 Å². The second-order valence-corrected chi connectivity index (χ2v) is 17.7. The highest BCUT2D eigenvalue weighted by Crippen LogP contribution is 2.20. The van der Waals surface area contributed by atoms with Gasteiger partial charge in [0.05, 0.1) is 12.7 Å². The van der Waals surface area contributed by atoms with Gasteiger partial charge < -0.3 is 4.74 Å². The van der Waals surface area contributed by atoms with Crippen molar-refractivity contribution in [2.45, 2.75) is 315 Å². The third kappa shape index (κ3) is 44.3. The smallest absolute Gasteiger partial charge is 0.0810 e. The highest BCUT2D eigenvalue weighted by molar-refractivity contribution is 4.68. The highest BCUT2D eigenvalue weighted by Gasteiger charge is 2.20. The molecule has 1 atom stereocenters. The highest BCUT2D eigenvalue weighted by atomic mass is 16.6. The summed E-state index contributed by atoms with van der Waals surface area (Å²) in [4.78, 5) is 0. The standard InChI is InChI=1S/C50H100O/c1-2-3-4-5-6-7-8-9-10-11-12-13-14-15-16-17-18-19-20-21-22-23-24-25-26-27-28-29-30-31-32-33-34-35-36-37-38-39-40-41-42-43-44-45-46-47-48-50-49-51-50/h50H,2-49H2,1H3. The van der Waals surface area contributed by atoms with Gasteiger partial charge in [-0.2, -0.15) is 0 Å². The average molecular weight is 717 g/mol. The maximum Gasteiger partial charge on any atom is 0.0810 e. The second kappa shape index (κ2) is 44.4. The van der Waals surface area contributed by atoms with Crippen LogP contribution >= 0.6 is 0 Å². The predicted octanol–water partition coefficient (Wildman–Crippen LogP) is 18.7. The van der Waals surface area contributed by atoms with Gasteiger partial charge >= 0.3 is 0 Å². The van der Waals surface area contributed by atoms with Gasteiger partial charge in [0.25, 0.3) is 0 Å². The molecule has 0 N–H and O–H groups in total. The average Bonchev–Trinajstić information content (AvgIpc) is 3.98.